The van der Waals surface area contributed by atoms with Crippen LogP contribution >= 0.6 is 0 Å². The van der Waals surface area contributed by atoms with Crippen molar-refractivity contribution >= 4 is 11.9 Å². The van der Waals surface area contributed by atoms with Crippen molar-refractivity contribution in [1.82, 2.24) is 5.32 Å². The van der Waals surface area contributed by atoms with Crippen LogP contribution in [0.25, 0.3) is 0 Å². The van der Waals surface area contributed by atoms with Gasteiger partial charge in [0.25, 0.3) is 0 Å². The lowest BCUT2D eigenvalue weighted by atomic mass is 9.98. The van der Waals surface area contributed by atoms with Gasteiger partial charge in [0.15, 0.2) is 0 Å². The van der Waals surface area contributed by atoms with Crippen molar-refractivity contribution in [2.45, 2.75) is 63.7 Å². The molecule has 1 atom stereocenters. The van der Waals surface area contributed by atoms with E-state index in [1.165, 1.54) is 37.7 Å². The molecule has 1 aromatic carbocycles. The number of hydrogen-bond donors (Lipinski definition) is 4. The van der Waals surface area contributed by atoms with Gasteiger partial charge >= 0.3 is 11.9 Å². The second kappa shape index (κ2) is 15.7. The van der Waals surface area contributed by atoms with E-state index >= 15 is 0 Å². The van der Waals surface area contributed by atoms with Crippen LogP contribution in [-0.4, -0.2) is 52.6 Å². The van der Waals surface area contributed by atoms with Gasteiger partial charge in [-0.05, 0) is 18.4 Å². The molecule has 0 aliphatic heterocycles. The molecular weight excluding hydrogens is 374 g/mol. The number of carboxylic acid groups (broad SMARTS) is 2. The maximum Gasteiger partial charge on any atom is 0.328 e. The van der Waals surface area contributed by atoms with E-state index in [9.17, 15) is 14.7 Å². The molecule has 0 saturated heterocycles. The summed E-state index contributed by atoms with van der Waals surface area (Å²) >= 11 is 0. The fourth-order valence-corrected chi connectivity index (χ4v) is 3.01. The highest BCUT2D eigenvalue weighted by Gasteiger charge is 2.13. The van der Waals surface area contributed by atoms with Crippen LogP contribution < -0.4 is 5.32 Å². The molecule has 1 aliphatic rings. The fraction of sp³-hybridized carbons (Fsp3) is 0.545. The first-order valence-electron chi connectivity index (χ1n) is 10.2. The summed E-state index contributed by atoms with van der Waals surface area (Å²) in [6.07, 6.45) is 9.95. The van der Waals surface area contributed by atoms with Gasteiger partial charge in [-0.25, -0.2) is 9.59 Å². The van der Waals surface area contributed by atoms with Crippen molar-refractivity contribution in [2.24, 2.45) is 0 Å². The smallest absolute Gasteiger partial charge is 0.328 e. The lowest BCUT2D eigenvalue weighted by Crippen LogP contribution is -2.32. The van der Waals surface area contributed by atoms with E-state index < -0.39 is 18.0 Å². The van der Waals surface area contributed by atoms with E-state index in [0.29, 0.717) is 31.4 Å². The van der Waals surface area contributed by atoms with Crippen molar-refractivity contribution in [3.05, 3.63) is 48.0 Å². The minimum atomic E-state index is -1.26. The highest BCUT2D eigenvalue weighted by molar-refractivity contribution is 5.89. The number of benzene rings is 1. The fourth-order valence-electron chi connectivity index (χ4n) is 3.01. The van der Waals surface area contributed by atoms with Gasteiger partial charge in [-0.3, -0.25) is 0 Å². The summed E-state index contributed by atoms with van der Waals surface area (Å²) < 4.78 is 5.89. The first-order valence-corrected chi connectivity index (χ1v) is 10.2. The Morgan fingerprint density at radius 3 is 2.10 bits per heavy atom. The quantitative estimate of drug-likeness (QED) is 0.465. The topological polar surface area (TPSA) is 116 Å². The molecule has 0 spiro atoms. The highest BCUT2D eigenvalue weighted by Crippen LogP contribution is 2.19. The number of rotatable bonds is 9. The Bertz CT molecular complexity index is 581. The molecular formula is C22H33NO6. The van der Waals surface area contributed by atoms with Crippen LogP contribution in [0.5, 0.6) is 0 Å². The minimum absolute atomic E-state index is 0.356. The van der Waals surface area contributed by atoms with Crippen LogP contribution in [0.2, 0.25) is 0 Å². The third-order valence-corrected chi connectivity index (χ3v) is 4.50. The average molecular weight is 408 g/mol. The zero-order valence-electron chi connectivity index (χ0n) is 16.8. The maximum atomic E-state index is 10.00. The van der Waals surface area contributed by atoms with E-state index in [-0.39, 0.29) is 0 Å². The number of hydrogen-bond acceptors (Lipinski definition) is 5. The molecule has 4 N–H and O–H groups in total. The van der Waals surface area contributed by atoms with Crippen molar-refractivity contribution in [3.63, 3.8) is 0 Å². The Kier molecular flexibility index (Phi) is 13.4. The zero-order valence-corrected chi connectivity index (χ0v) is 16.8. The predicted octanol–water partition coefficient (Wildman–Crippen LogP) is 2.98. The second-order valence-electron chi connectivity index (χ2n) is 7.08. The van der Waals surface area contributed by atoms with Crippen LogP contribution in [0.4, 0.5) is 0 Å². The summed E-state index contributed by atoms with van der Waals surface area (Å²) in [6, 6.07) is 10.3. The van der Waals surface area contributed by atoms with Gasteiger partial charge in [-0.1, -0.05) is 62.4 Å². The molecule has 1 aromatic rings. The lowest BCUT2D eigenvalue weighted by molar-refractivity contribution is -0.134. The van der Waals surface area contributed by atoms with Gasteiger partial charge in [0.1, 0.15) is 0 Å². The van der Waals surface area contributed by atoms with E-state index in [4.69, 9.17) is 14.9 Å². The van der Waals surface area contributed by atoms with Crippen molar-refractivity contribution < 1.29 is 29.6 Å². The maximum absolute atomic E-state index is 10.00. The molecule has 7 heteroatoms. The third kappa shape index (κ3) is 14.4. The summed E-state index contributed by atoms with van der Waals surface area (Å²) in [7, 11) is 0. The van der Waals surface area contributed by atoms with Gasteiger partial charge in [0.05, 0.1) is 18.8 Å². The summed E-state index contributed by atoms with van der Waals surface area (Å²) in [4.78, 5) is 19.1. The minimum Gasteiger partial charge on any atom is -0.478 e. The largest absolute Gasteiger partial charge is 0.478 e. The standard InChI is InChI=1S/C18H29NO2.C4H4O4/c20-17(14-19-13-16-9-5-4-6-10-16)15-21-18-11-7-2-1-3-8-12-18;5-3(6)1-2-4(7)8/h4-6,9-10,17-20H,1-3,7-8,11-15H2;1-2H,(H,5,6)(H,7,8)/b;2-1-. The van der Waals surface area contributed by atoms with Crippen molar-refractivity contribution in [1.29, 1.82) is 0 Å². The Hall–Kier alpha value is -2.22. The SMILES string of the molecule is O=C(O)/C=C\C(=O)O.OC(CNCc1ccccc1)COC1CCCCCCC1. The van der Waals surface area contributed by atoms with Gasteiger partial charge in [-0.15, -0.1) is 0 Å². The number of carboxylic acids is 2. The first-order chi connectivity index (χ1) is 14.0. The van der Waals surface area contributed by atoms with Crippen LogP contribution in [0.1, 0.15) is 50.5 Å². The first kappa shape index (κ1) is 24.8. The summed E-state index contributed by atoms with van der Waals surface area (Å²) in [5.41, 5.74) is 1.24. The highest BCUT2D eigenvalue weighted by atomic mass is 16.5. The molecule has 0 radical (unpaired) electrons. The number of aliphatic hydroxyl groups is 1. The Morgan fingerprint density at radius 1 is 1.00 bits per heavy atom. The van der Waals surface area contributed by atoms with Gasteiger partial charge in [-0.2, -0.15) is 0 Å². The monoisotopic (exact) mass is 407 g/mol. The number of nitrogens with one attached hydrogen (secondary N) is 1. The van der Waals surface area contributed by atoms with Gasteiger partial charge in [0.2, 0.25) is 0 Å². The van der Waals surface area contributed by atoms with Crippen molar-refractivity contribution in [3.8, 4) is 0 Å². The van der Waals surface area contributed by atoms with E-state index in [0.717, 1.165) is 19.4 Å². The van der Waals surface area contributed by atoms with Crippen LogP contribution in [-0.2, 0) is 20.9 Å². The molecule has 0 amide bonds. The summed E-state index contributed by atoms with van der Waals surface area (Å²) in [6.45, 7) is 1.83. The third-order valence-electron chi connectivity index (χ3n) is 4.50. The summed E-state index contributed by atoms with van der Waals surface area (Å²) in [5.74, 6) is -2.51. The Morgan fingerprint density at radius 2 is 1.55 bits per heavy atom. The molecule has 1 aliphatic carbocycles. The zero-order chi connectivity index (χ0) is 21.3. The lowest BCUT2D eigenvalue weighted by Gasteiger charge is -2.22. The van der Waals surface area contributed by atoms with E-state index in [2.05, 4.69) is 17.4 Å². The molecule has 162 valence electrons. The summed E-state index contributed by atoms with van der Waals surface area (Å²) in [5, 5.41) is 28.9. The number of aliphatic carboxylic acids is 2. The molecule has 1 saturated carbocycles. The Labute approximate surface area is 172 Å². The predicted molar refractivity (Wildman–Crippen MR) is 111 cm³/mol. The molecule has 0 heterocycles. The molecule has 1 fully saturated rings. The van der Waals surface area contributed by atoms with E-state index in [1.807, 2.05) is 18.2 Å². The van der Waals surface area contributed by atoms with Crippen LogP contribution in [0, 0.1) is 0 Å². The molecule has 7 nitrogen and oxygen atoms in total. The number of ether oxygens (including phenoxy) is 1. The van der Waals surface area contributed by atoms with Crippen LogP contribution in [0.3, 0.4) is 0 Å². The normalized spacial score (nSPS) is 16.3. The Balaban J connectivity index is 0.000000447. The number of carbonyl (C=O) groups is 2. The van der Waals surface area contributed by atoms with Gasteiger partial charge < -0.3 is 25.4 Å². The van der Waals surface area contributed by atoms with Gasteiger partial charge in [0, 0.05) is 25.2 Å². The molecule has 2 rings (SSSR count). The van der Waals surface area contributed by atoms with Crippen molar-refractivity contribution in [2.75, 3.05) is 13.2 Å². The molecule has 1 unspecified atom stereocenters. The number of aliphatic hydroxyl groups excluding tert-OH is 1. The van der Waals surface area contributed by atoms with Crippen LogP contribution in [0.15, 0.2) is 42.5 Å². The molecule has 29 heavy (non-hydrogen) atoms. The van der Waals surface area contributed by atoms with E-state index in [1.54, 1.807) is 0 Å². The average Bonchev–Trinajstić information content (AvgIpc) is 2.67. The second-order valence-corrected chi connectivity index (χ2v) is 7.08. The molecule has 0 bridgehead atoms. The molecule has 0 aromatic heterocycles.